The molecule has 0 saturated carbocycles. The minimum absolute atomic E-state index is 0. The molecule has 19 heavy (non-hydrogen) atoms. The maximum absolute atomic E-state index is 11.8. The van der Waals surface area contributed by atoms with Crippen molar-refractivity contribution in [2.24, 2.45) is 0 Å². The Morgan fingerprint density at radius 3 is 2.58 bits per heavy atom. The summed E-state index contributed by atoms with van der Waals surface area (Å²) in [4.78, 5) is 11.8. The van der Waals surface area contributed by atoms with E-state index in [4.69, 9.17) is 0 Å². The molecular weight excluding hydrogens is 260 g/mol. The minimum atomic E-state index is 0. The van der Waals surface area contributed by atoms with E-state index >= 15 is 0 Å². The van der Waals surface area contributed by atoms with Gasteiger partial charge in [0.1, 0.15) is 0 Å². The summed E-state index contributed by atoms with van der Waals surface area (Å²) < 4.78 is 0. The van der Waals surface area contributed by atoms with Gasteiger partial charge in [-0.1, -0.05) is 31.2 Å². The first-order valence-corrected chi connectivity index (χ1v) is 6.62. The zero-order chi connectivity index (χ0) is 13.4. The molecule has 108 valence electrons. The van der Waals surface area contributed by atoms with Crippen molar-refractivity contribution in [3.63, 3.8) is 0 Å². The lowest BCUT2D eigenvalue weighted by Crippen LogP contribution is -2.27. The highest BCUT2D eigenvalue weighted by atomic mass is 35.5. The van der Waals surface area contributed by atoms with Crippen LogP contribution in [-0.2, 0) is 4.79 Å². The highest BCUT2D eigenvalue weighted by molar-refractivity contribution is 5.85. The van der Waals surface area contributed by atoms with Crippen LogP contribution in [-0.4, -0.2) is 26.0 Å². The van der Waals surface area contributed by atoms with Gasteiger partial charge in [-0.05, 0) is 44.0 Å². The number of aryl methyl sites for hydroxylation is 1. The van der Waals surface area contributed by atoms with Crippen LogP contribution in [0.1, 0.15) is 36.8 Å². The van der Waals surface area contributed by atoms with Crippen molar-refractivity contribution in [1.82, 2.24) is 10.6 Å². The molecule has 0 aromatic heterocycles. The molecule has 0 aliphatic rings. The van der Waals surface area contributed by atoms with Crippen LogP contribution in [0.25, 0.3) is 0 Å². The van der Waals surface area contributed by atoms with Crippen molar-refractivity contribution in [3.05, 3.63) is 35.4 Å². The van der Waals surface area contributed by atoms with Crippen LogP contribution in [0.5, 0.6) is 0 Å². The maximum Gasteiger partial charge on any atom is 0.220 e. The number of carbonyl (C=O) groups excluding carboxylic acids is 1. The molecule has 0 saturated heterocycles. The molecule has 0 spiro atoms. The van der Waals surface area contributed by atoms with Crippen molar-refractivity contribution in [3.8, 4) is 0 Å². The zero-order valence-corrected chi connectivity index (χ0v) is 12.8. The molecule has 1 aromatic carbocycles. The third-order valence-corrected chi connectivity index (χ3v) is 3.14. The van der Waals surface area contributed by atoms with Gasteiger partial charge in [-0.25, -0.2) is 0 Å². The third-order valence-electron chi connectivity index (χ3n) is 3.14. The largest absolute Gasteiger partial charge is 0.356 e. The van der Waals surface area contributed by atoms with Crippen LogP contribution >= 0.6 is 12.4 Å². The first-order chi connectivity index (χ1) is 8.65. The van der Waals surface area contributed by atoms with E-state index in [1.54, 1.807) is 0 Å². The van der Waals surface area contributed by atoms with Crippen LogP contribution in [0.15, 0.2) is 24.3 Å². The number of benzene rings is 1. The molecule has 1 unspecified atom stereocenters. The van der Waals surface area contributed by atoms with Gasteiger partial charge in [-0.3, -0.25) is 4.79 Å². The van der Waals surface area contributed by atoms with Gasteiger partial charge >= 0.3 is 0 Å². The summed E-state index contributed by atoms with van der Waals surface area (Å²) in [5, 5.41) is 6.02. The van der Waals surface area contributed by atoms with Gasteiger partial charge in [-0.2, -0.15) is 0 Å². The molecule has 3 nitrogen and oxygen atoms in total. The summed E-state index contributed by atoms with van der Waals surface area (Å²) in [6, 6.07) is 8.26. The molecule has 0 aliphatic carbocycles. The quantitative estimate of drug-likeness (QED) is 0.756. The van der Waals surface area contributed by atoms with Gasteiger partial charge in [0.25, 0.3) is 0 Å². The van der Waals surface area contributed by atoms with E-state index in [0.29, 0.717) is 6.42 Å². The second-order valence-corrected chi connectivity index (χ2v) is 4.77. The van der Waals surface area contributed by atoms with E-state index in [0.717, 1.165) is 19.5 Å². The van der Waals surface area contributed by atoms with Gasteiger partial charge in [0.15, 0.2) is 0 Å². The smallest absolute Gasteiger partial charge is 0.220 e. The van der Waals surface area contributed by atoms with E-state index in [9.17, 15) is 4.79 Å². The fourth-order valence-electron chi connectivity index (χ4n) is 2.09. The number of amides is 1. The topological polar surface area (TPSA) is 41.1 Å². The van der Waals surface area contributed by atoms with E-state index in [2.05, 4.69) is 36.6 Å². The number of carbonyl (C=O) groups is 1. The number of halogens is 1. The SMILES string of the molecule is CNCCCNC(=O)CC(C)c1ccccc1C.Cl. The summed E-state index contributed by atoms with van der Waals surface area (Å²) >= 11 is 0. The molecular formula is C15H25ClN2O. The molecule has 4 heteroatoms. The molecule has 0 radical (unpaired) electrons. The van der Waals surface area contributed by atoms with E-state index in [-0.39, 0.29) is 24.2 Å². The van der Waals surface area contributed by atoms with E-state index in [1.807, 2.05) is 19.2 Å². The van der Waals surface area contributed by atoms with Crippen molar-refractivity contribution in [2.75, 3.05) is 20.1 Å². The molecule has 0 aliphatic heterocycles. The number of rotatable bonds is 7. The van der Waals surface area contributed by atoms with Gasteiger partial charge in [0, 0.05) is 13.0 Å². The Bertz CT molecular complexity index is 382. The molecule has 0 bridgehead atoms. The van der Waals surface area contributed by atoms with Crippen LogP contribution in [0.4, 0.5) is 0 Å². The van der Waals surface area contributed by atoms with Gasteiger partial charge < -0.3 is 10.6 Å². The fourth-order valence-corrected chi connectivity index (χ4v) is 2.09. The summed E-state index contributed by atoms with van der Waals surface area (Å²) in [5.74, 6) is 0.414. The van der Waals surface area contributed by atoms with Gasteiger partial charge in [0.2, 0.25) is 5.91 Å². The number of hydrogen-bond donors (Lipinski definition) is 2. The highest BCUT2D eigenvalue weighted by Crippen LogP contribution is 2.21. The fraction of sp³-hybridized carbons (Fsp3) is 0.533. The number of hydrogen-bond acceptors (Lipinski definition) is 2. The predicted octanol–water partition coefficient (Wildman–Crippen LogP) is 2.64. The maximum atomic E-state index is 11.8. The second-order valence-electron chi connectivity index (χ2n) is 4.77. The second kappa shape index (κ2) is 9.82. The molecule has 1 aromatic rings. The minimum Gasteiger partial charge on any atom is -0.356 e. The number of nitrogens with one attached hydrogen (secondary N) is 2. The first kappa shape index (κ1) is 17.9. The lowest BCUT2D eigenvalue weighted by Gasteiger charge is -2.14. The van der Waals surface area contributed by atoms with Gasteiger partial charge in [-0.15, -0.1) is 12.4 Å². The van der Waals surface area contributed by atoms with Crippen LogP contribution in [0.3, 0.4) is 0 Å². The third kappa shape index (κ3) is 6.60. The Morgan fingerprint density at radius 2 is 1.95 bits per heavy atom. The Hall–Kier alpha value is -1.06. The average molecular weight is 285 g/mol. The molecule has 1 rings (SSSR count). The van der Waals surface area contributed by atoms with Crippen LogP contribution in [0, 0.1) is 6.92 Å². The van der Waals surface area contributed by atoms with Crippen LogP contribution in [0.2, 0.25) is 0 Å². The monoisotopic (exact) mass is 284 g/mol. The predicted molar refractivity (Wildman–Crippen MR) is 83.0 cm³/mol. The van der Waals surface area contributed by atoms with Crippen molar-refractivity contribution in [1.29, 1.82) is 0 Å². The lowest BCUT2D eigenvalue weighted by molar-refractivity contribution is -0.121. The highest BCUT2D eigenvalue weighted by Gasteiger charge is 2.12. The Kier molecular flexibility index (Phi) is 9.27. The molecule has 2 N–H and O–H groups in total. The molecule has 0 heterocycles. The Morgan fingerprint density at radius 1 is 1.26 bits per heavy atom. The van der Waals surface area contributed by atoms with Crippen molar-refractivity contribution >= 4 is 18.3 Å². The Labute approximate surface area is 122 Å². The summed E-state index contributed by atoms with van der Waals surface area (Å²) in [6.07, 6.45) is 1.53. The van der Waals surface area contributed by atoms with Gasteiger partial charge in [0.05, 0.1) is 0 Å². The molecule has 0 fully saturated rings. The average Bonchev–Trinajstić information content (AvgIpc) is 2.35. The van der Waals surface area contributed by atoms with Crippen molar-refractivity contribution < 1.29 is 4.79 Å². The first-order valence-electron chi connectivity index (χ1n) is 6.62. The van der Waals surface area contributed by atoms with Crippen LogP contribution < -0.4 is 10.6 Å². The molecule has 1 atom stereocenters. The van der Waals surface area contributed by atoms with Crippen molar-refractivity contribution in [2.45, 2.75) is 32.6 Å². The summed E-state index contributed by atoms with van der Waals surface area (Å²) in [6.45, 7) is 5.89. The summed E-state index contributed by atoms with van der Waals surface area (Å²) in [7, 11) is 1.92. The lowest BCUT2D eigenvalue weighted by atomic mass is 9.93. The Balaban J connectivity index is 0.00000324. The summed E-state index contributed by atoms with van der Waals surface area (Å²) in [5.41, 5.74) is 2.52. The molecule has 1 amide bonds. The van der Waals surface area contributed by atoms with E-state index < -0.39 is 0 Å². The standard InChI is InChI=1S/C15H24N2O.ClH/c1-12-7-4-5-8-14(12)13(2)11-15(18)17-10-6-9-16-3;/h4-5,7-8,13,16H,6,9-11H2,1-3H3,(H,17,18);1H. The zero-order valence-electron chi connectivity index (χ0n) is 12.0. The normalized spacial score (nSPS) is 11.5. The van der Waals surface area contributed by atoms with E-state index in [1.165, 1.54) is 11.1 Å².